The van der Waals surface area contributed by atoms with E-state index in [1.165, 1.54) is 44.2 Å². The summed E-state index contributed by atoms with van der Waals surface area (Å²) in [5, 5.41) is 2.35. The number of hydrogen-bond donors (Lipinski definition) is 0. The Kier molecular flexibility index (Phi) is 7.33. The summed E-state index contributed by atoms with van der Waals surface area (Å²) in [5.74, 6) is 3.91. The van der Waals surface area contributed by atoms with Crippen molar-refractivity contribution in [1.29, 1.82) is 0 Å². The van der Waals surface area contributed by atoms with Gasteiger partial charge in [-0.2, -0.15) is 0 Å². The average molecular weight is 638 g/mol. The third-order valence-corrected chi connectivity index (χ3v) is 9.13. The highest BCUT2D eigenvalue weighted by Gasteiger charge is 2.21. The van der Waals surface area contributed by atoms with E-state index in [0.717, 1.165) is 27.8 Å². The SMILES string of the molecule is Cc1nc(C)nc(-c2ccc(-n3c4ccc(-c5ccccc5C)cc4c4cc(-c5ccccc5C)ccc43)c(-c3nc(C)nc(C)n3)c2)n1. The normalized spacial score (nSPS) is 11.5. The van der Waals surface area contributed by atoms with E-state index < -0.39 is 0 Å². The van der Waals surface area contributed by atoms with Gasteiger partial charge in [-0.3, -0.25) is 0 Å². The number of aromatic nitrogens is 7. The minimum atomic E-state index is 0.604. The number of nitrogens with zero attached hydrogens (tertiary/aromatic N) is 7. The van der Waals surface area contributed by atoms with E-state index in [4.69, 9.17) is 9.97 Å². The van der Waals surface area contributed by atoms with Gasteiger partial charge in [0.05, 0.1) is 16.7 Å². The average Bonchev–Trinajstić information content (AvgIpc) is 3.40. The Morgan fingerprint density at radius 1 is 0.388 bits per heavy atom. The van der Waals surface area contributed by atoms with Crippen molar-refractivity contribution in [3.05, 3.63) is 138 Å². The van der Waals surface area contributed by atoms with Crippen molar-refractivity contribution in [3.8, 4) is 50.7 Å². The Balaban J connectivity index is 1.45. The fraction of sp³-hybridized carbons (Fsp3) is 0.143. The maximum Gasteiger partial charge on any atom is 0.165 e. The van der Waals surface area contributed by atoms with Crippen LogP contribution in [0.3, 0.4) is 0 Å². The first kappa shape index (κ1) is 30.3. The molecule has 0 unspecified atom stereocenters. The van der Waals surface area contributed by atoms with Gasteiger partial charge < -0.3 is 4.57 Å². The molecule has 0 aliphatic heterocycles. The van der Waals surface area contributed by atoms with E-state index >= 15 is 0 Å². The first-order valence-electron chi connectivity index (χ1n) is 16.5. The van der Waals surface area contributed by atoms with Gasteiger partial charge in [0.15, 0.2) is 11.6 Å². The van der Waals surface area contributed by atoms with Crippen LogP contribution in [0.4, 0.5) is 0 Å². The molecule has 3 heterocycles. The predicted octanol–water partition coefficient (Wildman–Crippen LogP) is 9.67. The van der Waals surface area contributed by atoms with E-state index in [2.05, 4.69) is 141 Å². The first-order chi connectivity index (χ1) is 23.7. The topological polar surface area (TPSA) is 82.3 Å². The molecule has 0 radical (unpaired) electrons. The van der Waals surface area contributed by atoms with Crippen LogP contribution >= 0.6 is 0 Å². The highest BCUT2D eigenvalue weighted by molar-refractivity contribution is 6.12. The van der Waals surface area contributed by atoms with Crippen molar-refractivity contribution in [2.75, 3.05) is 0 Å². The van der Waals surface area contributed by atoms with Crippen LogP contribution in [0.5, 0.6) is 0 Å². The van der Waals surface area contributed by atoms with Crippen LogP contribution in [0.15, 0.2) is 103 Å². The molecule has 0 N–H and O–H groups in total. The van der Waals surface area contributed by atoms with Gasteiger partial charge in [-0.1, -0.05) is 60.7 Å². The molecular formula is C42H35N7. The zero-order valence-electron chi connectivity index (χ0n) is 28.4. The van der Waals surface area contributed by atoms with Crippen LogP contribution in [0.2, 0.25) is 0 Å². The molecular weight excluding hydrogens is 603 g/mol. The molecule has 7 heteroatoms. The fourth-order valence-corrected chi connectivity index (χ4v) is 6.94. The molecule has 0 amide bonds. The van der Waals surface area contributed by atoms with Crippen molar-refractivity contribution >= 4 is 21.8 Å². The van der Waals surface area contributed by atoms with Crippen LogP contribution < -0.4 is 0 Å². The summed E-state index contributed by atoms with van der Waals surface area (Å²) in [6, 6.07) is 37.0. The second-order valence-corrected chi connectivity index (χ2v) is 12.7. The van der Waals surface area contributed by atoms with Gasteiger partial charge in [0.1, 0.15) is 23.3 Å². The largest absolute Gasteiger partial charge is 0.308 e. The second kappa shape index (κ2) is 11.9. The molecule has 3 aromatic heterocycles. The number of hydrogen-bond acceptors (Lipinski definition) is 6. The van der Waals surface area contributed by atoms with Gasteiger partial charge >= 0.3 is 0 Å². The minimum Gasteiger partial charge on any atom is -0.308 e. The highest BCUT2D eigenvalue weighted by Crippen LogP contribution is 2.40. The predicted molar refractivity (Wildman–Crippen MR) is 198 cm³/mol. The van der Waals surface area contributed by atoms with Gasteiger partial charge in [-0.15, -0.1) is 0 Å². The zero-order valence-corrected chi connectivity index (χ0v) is 28.4. The minimum absolute atomic E-state index is 0.604. The van der Waals surface area contributed by atoms with E-state index in [-0.39, 0.29) is 0 Å². The summed E-state index contributed by atoms with van der Waals surface area (Å²) < 4.78 is 2.34. The monoisotopic (exact) mass is 637 g/mol. The van der Waals surface area contributed by atoms with Gasteiger partial charge in [0.2, 0.25) is 0 Å². The summed E-state index contributed by atoms with van der Waals surface area (Å²) >= 11 is 0. The maximum absolute atomic E-state index is 4.84. The zero-order chi connectivity index (χ0) is 33.8. The number of fused-ring (bicyclic) bond motifs is 3. The molecule has 0 spiro atoms. The Labute approximate surface area is 285 Å². The lowest BCUT2D eigenvalue weighted by Gasteiger charge is -2.15. The molecule has 0 saturated carbocycles. The third-order valence-electron chi connectivity index (χ3n) is 9.13. The number of benzene rings is 5. The van der Waals surface area contributed by atoms with Crippen LogP contribution in [0.25, 0.3) is 72.5 Å². The van der Waals surface area contributed by atoms with E-state index in [1.54, 1.807) is 0 Å². The molecule has 8 aromatic rings. The van der Waals surface area contributed by atoms with Crippen LogP contribution in [0.1, 0.15) is 34.4 Å². The van der Waals surface area contributed by atoms with Crippen LogP contribution in [0, 0.1) is 41.5 Å². The number of rotatable bonds is 5. The third kappa shape index (κ3) is 5.43. The van der Waals surface area contributed by atoms with E-state index in [0.29, 0.717) is 34.9 Å². The fourth-order valence-electron chi connectivity index (χ4n) is 6.94. The van der Waals surface area contributed by atoms with Gasteiger partial charge in [0.25, 0.3) is 0 Å². The summed E-state index contributed by atoms with van der Waals surface area (Å²) in [4.78, 5) is 27.9. The second-order valence-electron chi connectivity index (χ2n) is 12.7. The standard InChI is InChI=1S/C42H35N7/c1-24-11-7-9-13-33(24)30-15-18-38-35(21-30)36-22-31(34-14-10-8-12-25(34)2)16-19-39(36)49(38)40-20-17-32(41-45-26(3)43-27(4)46-41)23-37(40)42-47-28(5)44-29(6)48-42/h7-23H,1-6H3. The van der Waals surface area contributed by atoms with Crippen molar-refractivity contribution in [1.82, 2.24) is 34.5 Å². The van der Waals surface area contributed by atoms with Crippen molar-refractivity contribution in [2.24, 2.45) is 0 Å². The molecule has 0 saturated heterocycles. The summed E-state index contributed by atoms with van der Waals surface area (Å²) in [6.45, 7) is 11.9. The van der Waals surface area contributed by atoms with Gasteiger partial charge in [-0.25, -0.2) is 29.9 Å². The molecule has 8 rings (SSSR count). The molecule has 49 heavy (non-hydrogen) atoms. The first-order valence-corrected chi connectivity index (χ1v) is 16.5. The molecule has 0 aliphatic rings. The summed E-state index contributed by atoms with van der Waals surface area (Å²) in [5.41, 5.74) is 12.2. The van der Waals surface area contributed by atoms with Crippen molar-refractivity contribution in [3.63, 3.8) is 0 Å². The van der Waals surface area contributed by atoms with Crippen LogP contribution in [-0.4, -0.2) is 34.5 Å². The highest BCUT2D eigenvalue weighted by atomic mass is 15.0. The lowest BCUT2D eigenvalue weighted by atomic mass is 9.97. The summed E-state index contributed by atoms with van der Waals surface area (Å²) in [7, 11) is 0. The smallest absolute Gasteiger partial charge is 0.165 e. The molecule has 0 bridgehead atoms. The van der Waals surface area contributed by atoms with Gasteiger partial charge in [0, 0.05) is 21.9 Å². The molecule has 0 fully saturated rings. The maximum atomic E-state index is 4.84. The number of aryl methyl sites for hydroxylation is 6. The summed E-state index contributed by atoms with van der Waals surface area (Å²) in [6.07, 6.45) is 0. The van der Waals surface area contributed by atoms with Crippen molar-refractivity contribution < 1.29 is 0 Å². The van der Waals surface area contributed by atoms with Crippen LogP contribution in [-0.2, 0) is 0 Å². The molecule has 0 aliphatic carbocycles. The van der Waals surface area contributed by atoms with Crippen molar-refractivity contribution in [2.45, 2.75) is 41.5 Å². The Morgan fingerprint density at radius 2 is 0.837 bits per heavy atom. The lowest BCUT2D eigenvalue weighted by Crippen LogP contribution is -2.04. The molecule has 0 atom stereocenters. The quantitative estimate of drug-likeness (QED) is 0.187. The Bertz CT molecular complexity index is 2440. The Morgan fingerprint density at radius 3 is 1.33 bits per heavy atom. The van der Waals surface area contributed by atoms with Gasteiger partial charge in [-0.05, 0) is 117 Å². The molecule has 238 valence electrons. The van der Waals surface area contributed by atoms with E-state index in [1.807, 2.05) is 27.7 Å². The lowest BCUT2D eigenvalue weighted by molar-refractivity contribution is 0.924. The Hall–Kier alpha value is -6.08. The van der Waals surface area contributed by atoms with E-state index in [9.17, 15) is 0 Å². The molecule has 7 nitrogen and oxygen atoms in total. The molecule has 5 aromatic carbocycles.